The number of ether oxygens (including phenoxy) is 2. The van der Waals surface area contributed by atoms with E-state index in [2.05, 4.69) is 41.3 Å². The maximum atomic E-state index is 5.61. The maximum Gasteiger partial charge on any atom is 0.0902 e. The van der Waals surface area contributed by atoms with Crippen LogP contribution >= 0.6 is 22.6 Å². The molecule has 0 aromatic heterocycles. The van der Waals surface area contributed by atoms with E-state index in [4.69, 9.17) is 9.47 Å². The van der Waals surface area contributed by atoms with Gasteiger partial charge in [-0.15, -0.1) is 6.58 Å². The van der Waals surface area contributed by atoms with Crippen molar-refractivity contribution in [2.45, 2.75) is 12.7 Å². The lowest BCUT2D eigenvalue weighted by Crippen LogP contribution is -2.21. The molecule has 0 radical (unpaired) electrons. The van der Waals surface area contributed by atoms with Crippen LogP contribution in [0.2, 0.25) is 0 Å². The van der Waals surface area contributed by atoms with Crippen molar-refractivity contribution < 1.29 is 9.47 Å². The lowest BCUT2D eigenvalue weighted by atomic mass is 10.2. The largest absolute Gasteiger partial charge is 0.374 e. The molecule has 1 rings (SSSR count). The summed E-state index contributed by atoms with van der Waals surface area (Å²) >= 11 is 2.30. The fourth-order valence-corrected chi connectivity index (χ4v) is 1.73. The van der Waals surface area contributed by atoms with Crippen molar-refractivity contribution in [2.75, 3.05) is 17.6 Å². The predicted octanol–water partition coefficient (Wildman–Crippen LogP) is 3.21. The number of alkyl halides is 1. The molecule has 0 aliphatic heterocycles. The van der Waals surface area contributed by atoms with E-state index in [1.165, 1.54) is 5.56 Å². The molecule has 1 unspecified atom stereocenters. The summed E-state index contributed by atoms with van der Waals surface area (Å²) in [6, 6.07) is 10.2. The molecule has 0 spiro atoms. The van der Waals surface area contributed by atoms with Crippen molar-refractivity contribution in [3.63, 3.8) is 0 Å². The van der Waals surface area contributed by atoms with Gasteiger partial charge in [-0.1, -0.05) is 59.0 Å². The molecule has 16 heavy (non-hydrogen) atoms. The average Bonchev–Trinajstić information content (AvgIpc) is 2.35. The highest BCUT2D eigenvalue weighted by atomic mass is 127. The summed E-state index contributed by atoms with van der Waals surface area (Å²) in [6.45, 7) is 5.49. The van der Waals surface area contributed by atoms with E-state index in [9.17, 15) is 0 Å². The highest BCUT2D eigenvalue weighted by Gasteiger charge is 2.06. The summed E-state index contributed by atoms with van der Waals surface area (Å²) in [5, 5.41) is 0. The lowest BCUT2D eigenvalue weighted by Gasteiger charge is -2.14. The van der Waals surface area contributed by atoms with Crippen LogP contribution in [0.4, 0.5) is 0 Å². The van der Waals surface area contributed by atoms with Gasteiger partial charge in [0.05, 0.1) is 25.9 Å². The molecule has 1 atom stereocenters. The molecule has 1 aromatic carbocycles. The van der Waals surface area contributed by atoms with Gasteiger partial charge < -0.3 is 9.47 Å². The normalized spacial score (nSPS) is 12.3. The van der Waals surface area contributed by atoms with Crippen molar-refractivity contribution in [1.29, 1.82) is 0 Å². The van der Waals surface area contributed by atoms with Crippen molar-refractivity contribution in [2.24, 2.45) is 0 Å². The minimum absolute atomic E-state index is 0.155. The Labute approximate surface area is 111 Å². The van der Waals surface area contributed by atoms with Crippen LogP contribution in [-0.2, 0) is 16.1 Å². The summed E-state index contributed by atoms with van der Waals surface area (Å²) in [6.07, 6.45) is 1.92. The molecule has 1 aromatic rings. The highest BCUT2D eigenvalue weighted by molar-refractivity contribution is 14.1. The first-order valence-corrected chi connectivity index (χ1v) is 6.79. The van der Waals surface area contributed by atoms with E-state index in [0.29, 0.717) is 19.8 Å². The third-order valence-corrected chi connectivity index (χ3v) is 3.02. The van der Waals surface area contributed by atoms with Crippen LogP contribution in [-0.4, -0.2) is 23.7 Å². The molecule has 0 aliphatic carbocycles. The zero-order valence-corrected chi connectivity index (χ0v) is 11.4. The SMILES string of the molecule is C=CCOC(CI)COCc1ccccc1. The van der Waals surface area contributed by atoms with Crippen molar-refractivity contribution >= 4 is 22.6 Å². The van der Waals surface area contributed by atoms with Gasteiger partial charge in [0, 0.05) is 4.43 Å². The maximum absolute atomic E-state index is 5.61. The second kappa shape index (κ2) is 8.73. The molecule has 0 N–H and O–H groups in total. The van der Waals surface area contributed by atoms with Gasteiger partial charge in [-0.3, -0.25) is 0 Å². The number of benzene rings is 1. The molecular weight excluding hydrogens is 315 g/mol. The monoisotopic (exact) mass is 332 g/mol. The summed E-state index contributed by atoms with van der Waals surface area (Å²) in [7, 11) is 0. The standard InChI is InChI=1S/C13H17IO2/c1-2-8-16-13(9-14)11-15-10-12-6-4-3-5-7-12/h2-7,13H,1,8-11H2. The molecule has 0 saturated heterocycles. The molecule has 0 aliphatic rings. The van der Waals surface area contributed by atoms with E-state index in [0.717, 1.165) is 4.43 Å². The zero-order valence-electron chi connectivity index (χ0n) is 9.27. The van der Waals surface area contributed by atoms with E-state index in [-0.39, 0.29) is 6.10 Å². The first-order valence-electron chi connectivity index (χ1n) is 5.27. The Morgan fingerprint density at radius 3 is 2.69 bits per heavy atom. The quantitative estimate of drug-likeness (QED) is 0.413. The topological polar surface area (TPSA) is 18.5 Å². The van der Waals surface area contributed by atoms with Crippen molar-refractivity contribution in [3.8, 4) is 0 Å². The van der Waals surface area contributed by atoms with E-state index >= 15 is 0 Å². The minimum atomic E-state index is 0.155. The second-order valence-electron chi connectivity index (χ2n) is 3.40. The van der Waals surface area contributed by atoms with Crippen LogP contribution in [0.3, 0.4) is 0 Å². The molecule has 0 heterocycles. The molecular formula is C13H17IO2. The summed E-state index contributed by atoms with van der Waals surface area (Å²) in [5.41, 5.74) is 1.19. The summed E-state index contributed by atoms with van der Waals surface area (Å²) in [4.78, 5) is 0. The summed E-state index contributed by atoms with van der Waals surface area (Å²) in [5.74, 6) is 0. The molecule has 0 amide bonds. The second-order valence-corrected chi connectivity index (χ2v) is 4.28. The Morgan fingerprint density at radius 1 is 1.31 bits per heavy atom. The highest BCUT2D eigenvalue weighted by Crippen LogP contribution is 2.04. The number of hydrogen-bond acceptors (Lipinski definition) is 2. The van der Waals surface area contributed by atoms with Crippen LogP contribution in [0.25, 0.3) is 0 Å². The van der Waals surface area contributed by atoms with Gasteiger partial charge in [0.2, 0.25) is 0 Å². The van der Waals surface area contributed by atoms with Crippen molar-refractivity contribution in [1.82, 2.24) is 0 Å². The molecule has 88 valence electrons. The fraction of sp³-hybridized carbons (Fsp3) is 0.385. The van der Waals surface area contributed by atoms with Gasteiger partial charge in [-0.05, 0) is 5.56 Å². The van der Waals surface area contributed by atoms with Crippen LogP contribution in [0.1, 0.15) is 5.56 Å². The predicted molar refractivity (Wildman–Crippen MR) is 74.9 cm³/mol. The van der Waals surface area contributed by atoms with Gasteiger partial charge >= 0.3 is 0 Å². The third kappa shape index (κ3) is 5.63. The minimum Gasteiger partial charge on any atom is -0.374 e. The van der Waals surface area contributed by atoms with Crippen LogP contribution in [0.15, 0.2) is 43.0 Å². The molecule has 0 saturated carbocycles. The van der Waals surface area contributed by atoms with Gasteiger partial charge in [-0.25, -0.2) is 0 Å². The lowest BCUT2D eigenvalue weighted by molar-refractivity contribution is 0.00240. The smallest absolute Gasteiger partial charge is 0.0902 e. The Bertz CT molecular complexity index is 287. The fourth-order valence-electron chi connectivity index (χ4n) is 1.22. The summed E-state index contributed by atoms with van der Waals surface area (Å²) < 4.78 is 12.1. The number of hydrogen-bond donors (Lipinski definition) is 0. The Morgan fingerprint density at radius 2 is 2.06 bits per heavy atom. The van der Waals surface area contributed by atoms with Crippen LogP contribution in [0, 0.1) is 0 Å². The first kappa shape index (κ1) is 13.7. The van der Waals surface area contributed by atoms with Gasteiger partial charge in [0.15, 0.2) is 0 Å². The average molecular weight is 332 g/mol. The Hall–Kier alpha value is -0.390. The Balaban J connectivity index is 2.20. The molecule has 3 heteroatoms. The van der Waals surface area contributed by atoms with Crippen LogP contribution < -0.4 is 0 Å². The number of rotatable bonds is 8. The van der Waals surface area contributed by atoms with Gasteiger partial charge in [0.1, 0.15) is 0 Å². The first-order chi connectivity index (χ1) is 7.86. The molecule has 2 nitrogen and oxygen atoms in total. The third-order valence-electron chi connectivity index (χ3n) is 2.04. The Kier molecular flexibility index (Phi) is 7.46. The number of halogens is 1. The van der Waals surface area contributed by atoms with E-state index < -0.39 is 0 Å². The molecule has 0 bridgehead atoms. The molecule has 0 fully saturated rings. The zero-order chi connectivity index (χ0) is 11.6. The van der Waals surface area contributed by atoms with Gasteiger partial charge in [0.25, 0.3) is 0 Å². The van der Waals surface area contributed by atoms with Crippen LogP contribution in [0.5, 0.6) is 0 Å². The van der Waals surface area contributed by atoms with E-state index in [1.54, 1.807) is 6.08 Å². The van der Waals surface area contributed by atoms with E-state index in [1.807, 2.05) is 18.2 Å². The van der Waals surface area contributed by atoms with Gasteiger partial charge in [-0.2, -0.15) is 0 Å². The van der Waals surface area contributed by atoms with Crippen molar-refractivity contribution in [3.05, 3.63) is 48.6 Å².